The second kappa shape index (κ2) is 5.65. The van der Waals surface area contributed by atoms with E-state index in [4.69, 9.17) is 22.2 Å². The van der Waals surface area contributed by atoms with Gasteiger partial charge in [-0.15, -0.1) is 0 Å². The van der Waals surface area contributed by atoms with Gasteiger partial charge >= 0.3 is 0 Å². The van der Waals surface area contributed by atoms with Gasteiger partial charge in [0.15, 0.2) is 0 Å². The molecule has 92 valence electrons. The molecule has 0 aliphatic carbocycles. The summed E-state index contributed by atoms with van der Waals surface area (Å²) in [5.74, 6) is -1.32. The van der Waals surface area contributed by atoms with E-state index in [9.17, 15) is 9.59 Å². The van der Waals surface area contributed by atoms with E-state index in [0.717, 1.165) is 0 Å². The molecule has 1 aromatic rings. The fraction of sp³-hybridized carbons (Fsp3) is 0.273. The van der Waals surface area contributed by atoms with Crippen molar-refractivity contribution >= 4 is 23.4 Å². The maximum absolute atomic E-state index is 11.7. The van der Waals surface area contributed by atoms with Gasteiger partial charge in [-0.05, 0) is 26.0 Å². The molecule has 0 aliphatic heterocycles. The molecule has 1 aromatic carbocycles. The van der Waals surface area contributed by atoms with Crippen LogP contribution < -0.4 is 11.2 Å². The lowest BCUT2D eigenvalue weighted by Gasteiger charge is -2.11. The van der Waals surface area contributed by atoms with Crippen LogP contribution in [0.2, 0.25) is 5.02 Å². The van der Waals surface area contributed by atoms with Crippen LogP contribution in [0.3, 0.4) is 0 Å². The number of hydrogen-bond acceptors (Lipinski definition) is 3. The Hall–Kier alpha value is -1.59. The minimum atomic E-state index is -0.759. The molecule has 5 nitrogen and oxygen atoms in total. The van der Waals surface area contributed by atoms with E-state index in [-0.39, 0.29) is 22.3 Å². The Balaban J connectivity index is 3.01. The van der Waals surface area contributed by atoms with Gasteiger partial charge in [-0.2, -0.15) is 0 Å². The van der Waals surface area contributed by atoms with Crippen LogP contribution in [0.4, 0.5) is 0 Å². The summed E-state index contributed by atoms with van der Waals surface area (Å²) < 4.78 is 0. The minimum Gasteiger partial charge on any atom is -0.366 e. The Morgan fingerprint density at radius 3 is 2.59 bits per heavy atom. The molecule has 2 amide bonds. The van der Waals surface area contributed by atoms with Crippen LogP contribution in [0.15, 0.2) is 18.2 Å². The van der Waals surface area contributed by atoms with Crippen molar-refractivity contribution in [2.24, 2.45) is 5.73 Å². The first-order valence-corrected chi connectivity index (χ1v) is 5.35. The van der Waals surface area contributed by atoms with Gasteiger partial charge in [0.1, 0.15) is 0 Å². The molecular weight excluding hydrogens is 244 g/mol. The van der Waals surface area contributed by atoms with Gasteiger partial charge in [0.25, 0.3) is 11.8 Å². The Morgan fingerprint density at radius 2 is 2.06 bits per heavy atom. The number of rotatable bonds is 4. The number of hydrogen-bond donors (Lipinski definition) is 2. The van der Waals surface area contributed by atoms with Crippen molar-refractivity contribution < 1.29 is 14.4 Å². The lowest BCUT2D eigenvalue weighted by Crippen LogP contribution is -2.29. The van der Waals surface area contributed by atoms with Crippen LogP contribution in [0, 0.1) is 0 Å². The van der Waals surface area contributed by atoms with Gasteiger partial charge in [0, 0.05) is 0 Å². The summed E-state index contributed by atoms with van der Waals surface area (Å²) in [6.07, 6.45) is -0.171. The molecule has 0 saturated heterocycles. The van der Waals surface area contributed by atoms with Crippen LogP contribution in [-0.4, -0.2) is 17.9 Å². The summed E-state index contributed by atoms with van der Waals surface area (Å²) in [5, 5.41) is 0.134. The third-order valence-electron chi connectivity index (χ3n) is 1.89. The quantitative estimate of drug-likeness (QED) is 0.801. The monoisotopic (exact) mass is 256 g/mol. The number of hydroxylamine groups is 1. The summed E-state index contributed by atoms with van der Waals surface area (Å²) in [4.78, 5) is 27.9. The van der Waals surface area contributed by atoms with E-state index in [2.05, 4.69) is 5.48 Å². The number of nitrogens with one attached hydrogen (secondary N) is 1. The van der Waals surface area contributed by atoms with Crippen molar-refractivity contribution in [1.29, 1.82) is 0 Å². The zero-order chi connectivity index (χ0) is 13.0. The first-order chi connectivity index (χ1) is 7.93. The Bertz CT molecular complexity index is 446. The summed E-state index contributed by atoms with van der Waals surface area (Å²) in [7, 11) is 0. The van der Waals surface area contributed by atoms with Gasteiger partial charge in [-0.3, -0.25) is 14.4 Å². The van der Waals surface area contributed by atoms with Crippen molar-refractivity contribution in [2.45, 2.75) is 20.0 Å². The van der Waals surface area contributed by atoms with E-state index in [1.165, 1.54) is 12.1 Å². The number of nitrogens with two attached hydrogens (primary N) is 1. The van der Waals surface area contributed by atoms with E-state index < -0.39 is 11.8 Å². The number of benzene rings is 1. The van der Waals surface area contributed by atoms with Crippen LogP contribution in [-0.2, 0) is 4.84 Å². The largest absolute Gasteiger partial charge is 0.366 e. The number of primary amides is 1. The standard InChI is InChI=1S/C11H13ClN2O3/c1-6(2)17-14-11(16)7-4-3-5-8(12)9(7)10(13)15/h3-6H,1-2H3,(H2,13,15)(H,14,16). The molecule has 0 atom stereocenters. The third-order valence-corrected chi connectivity index (χ3v) is 2.21. The van der Waals surface area contributed by atoms with Gasteiger partial charge < -0.3 is 5.73 Å². The van der Waals surface area contributed by atoms with Crippen molar-refractivity contribution in [2.75, 3.05) is 0 Å². The van der Waals surface area contributed by atoms with Crippen LogP contribution in [0.25, 0.3) is 0 Å². The SMILES string of the molecule is CC(C)ONC(=O)c1cccc(Cl)c1C(N)=O. The van der Waals surface area contributed by atoms with Crippen LogP contribution in [0.5, 0.6) is 0 Å². The summed E-state index contributed by atoms with van der Waals surface area (Å²) in [6.45, 7) is 3.51. The van der Waals surface area contributed by atoms with Gasteiger partial charge in [-0.1, -0.05) is 17.7 Å². The molecular formula is C11H13ClN2O3. The second-order valence-corrected chi connectivity index (χ2v) is 4.03. The zero-order valence-electron chi connectivity index (χ0n) is 9.49. The van der Waals surface area contributed by atoms with Crippen molar-refractivity contribution in [3.63, 3.8) is 0 Å². The number of amides is 2. The molecule has 0 radical (unpaired) electrons. The molecule has 0 bridgehead atoms. The molecule has 17 heavy (non-hydrogen) atoms. The average molecular weight is 257 g/mol. The maximum atomic E-state index is 11.7. The summed E-state index contributed by atoms with van der Waals surface area (Å²) in [6, 6.07) is 4.49. The Morgan fingerprint density at radius 1 is 1.41 bits per heavy atom. The first kappa shape index (κ1) is 13.5. The molecule has 0 saturated carbocycles. The van der Waals surface area contributed by atoms with Crippen LogP contribution >= 0.6 is 11.6 Å². The average Bonchev–Trinajstić information content (AvgIpc) is 2.24. The topological polar surface area (TPSA) is 81.4 Å². The molecule has 0 aromatic heterocycles. The predicted molar refractivity (Wildman–Crippen MR) is 63.7 cm³/mol. The summed E-state index contributed by atoms with van der Waals surface area (Å²) >= 11 is 5.81. The molecule has 0 spiro atoms. The highest BCUT2D eigenvalue weighted by Crippen LogP contribution is 2.19. The van der Waals surface area contributed by atoms with E-state index in [1.807, 2.05) is 0 Å². The highest BCUT2D eigenvalue weighted by Gasteiger charge is 2.18. The zero-order valence-corrected chi connectivity index (χ0v) is 10.2. The molecule has 0 aliphatic rings. The molecule has 0 unspecified atom stereocenters. The van der Waals surface area contributed by atoms with Crippen LogP contribution in [0.1, 0.15) is 34.6 Å². The fourth-order valence-corrected chi connectivity index (χ4v) is 1.46. The van der Waals surface area contributed by atoms with Crippen molar-refractivity contribution in [3.8, 4) is 0 Å². The first-order valence-electron chi connectivity index (χ1n) is 4.97. The fourth-order valence-electron chi connectivity index (χ4n) is 1.19. The van der Waals surface area contributed by atoms with Gasteiger partial charge in [-0.25, -0.2) is 5.48 Å². The molecule has 1 rings (SSSR count). The van der Waals surface area contributed by atoms with E-state index >= 15 is 0 Å². The summed E-state index contributed by atoms with van der Waals surface area (Å²) in [5.41, 5.74) is 7.45. The molecule has 6 heteroatoms. The number of carbonyl (C=O) groups is 2. The molecule has 3 N–H and O–H groups in total. The highest BCUT2D eigenvalue weighted by atomic mass is 35.5. The lowest BCUT2D eigenvalue weighted by molar-refractivity contribution is 0.000133. The van der Waals surface area contributed by atoms with E-state index in [0.29, 0.717) is 0 Å². The van der Waals surface area contributed by atoms with Crippen molar-refractivity contribution in [1.82, 2.24) is 5.48 Å². The second-order valence-electron chi connectivity index (χ2n) is 3.62. The number of carbonyl (C=O) groups excluding carboxylic acids is 2. The van der Waals surface area contributed by atoms with Gasteiger partial charge in [0.2, 0.25) is 0 Å². The predicted octanol–water partition coefficient (Wildman–Crippen LogP) is 1.51. The molecule has 0 fully saturated rings. The smallest absolute Gasteiger partial charge is 0.275 e. The van der Waals surface area contributed by atoms with Crippen molar-refractivity contribution in [3.05, 3.63) is 34.3 Å². The maximum Gasteiger partial charge on any atom is 0.275 e. The lowest BCUT2D eigenvalue weighted by atomic mass is 10.1. The normalized spacial score (nSPS) is 10.4. The minimum absolute atomic E-state index is 0.0148. The molecule has 0 heterocycles. The Kier molecular flexibility index (Phi) is 4.48. The van der Waals surface area contributed by atoms with E-state index in [1.54, 1.807) is 19.9 Å². The Labute approximate surface area is 104 Å². The highest BCUT2D eigenvalue weighted by molar-refractivity contribution is 6.34. The van der Waals surface area contributed by atoms with Gasteiger partial charge in [0.05, 0.1) is 22.3 Å². The third kappa shape index (κ3) is 3.44. The number of halogens is 1.